The van der Waals surface area contributed by atoms with Gasteiger partial charge >= 0.3 is 0 Å². The molecule has 3 aromatic rings. The fraction of sp³-hybridized carbons (Fsp3) is 0.278. The van der Waals surface area contributed by atoms with Crippen molar-refractivity contribution >= 4 is 33.8 Å². The van der Waals surface area contributed by atoms with E-state index >= 15 is 0 Å². The van der Waals surface area contributed by atoms with Gasteiger partial charge in [-0.05, 0) is 23.8 Å². The van der Waals surface area contributed by atoms with Crippen molar-refractivity contribution in [2.45, 2.75) is 18.8 Å². The van der Waals surface area contributed by atoms with Crippen molar-refractivity contribution < 1.29 is 14.3 Å². The molecule has 2 N–H and O–H groups in total. The number of anilines is 1. The van der Waals surface area contributed by atoms with Gasteiger partial charge in [-0.3, -0.25) is 14.0 Å². The SMILES string of the molecule is COc1ccc2c(c1)[C@@H](C(=O)NCCc1cn3ccsc3n1)CC(=O)N2. The van der Waals surface area contributed by atoms with Crippen molar-refractivity contribution in [1.82, 2.24) is 14.7 Å². The zero-order chi connectivity index (χ0) is 18.1. The number of imidazole rings is 1. The Hall–Kier alpha value is -2.87. The van der Waals surface area contributed by atoms with Crippen molar-refractivity contribution in [3.8, 4) is 5.75 Å². The number of hydrogen-bond acceptors (Lipinski definition) is 5. The molecule has 1 atom stereocenters. The molecule has 8 heteroatoms. The lowest BCUT2D eigenvalue weighted by molar-refractivity contribution is -0.126. The van der Waals surface area contributed by atoms with Crippen LogP contribution in [-0.2, 0) is 16.0 Å². The summed E-state index contributed by atoms with van der Waals surface area (Å²) in [5.41, 5.74) is 2.38. The second-order valence-electron chi connectivity index (χ2n) is 6.12. The Balaban J connectivity index is 1.44. The van der Waals surface area contributed by atoms with Gasteiger partial charge in [0.05, 0.1) is 18.7 Å². The van der Waals surface area contributed by atoms with E-state index in [4.69, 9.17) is 4.74 Å². The third-order valence-corrected chi connectivity index (χ3v) is 5.21. The normalized spacial score (nSPS) is 16.2. The zero-order valence-electron chi connectivity index (χ0n) is 14.2. The molecule has 1 aromatic carbocycles. The van der Waals surface area contributed by atoms with Gasteiger partial charge in [-0.25, -0.2) is 4.98 Å². The highest BCUT2D eigenvalue weighted by atomic mass is 32.1. The summed E-state index contributed by atoms with van der Waals surface area (Å²) >= 11 is 1.57. The topological polar surface area (TPSA) is 84.7 Å². The molecule has 0 saturated carbocycles. The minimum absolute atomic E-state index is 0.131. The van der Waals surface area contributed by atoms with E-state index in [1.54, 1.807) is 30.6 Å². The minimum Gasteiger partial charge on any atom is -0.497 e. The summed E-state index contributed by atoms with van der Waals surface area (Å²) in [4.78, 5) is 30.0. The molecule has 1 aliphatic heterocycles. The molecule has 0 unspecified atom stereocenters. The van der Waals surface area contributed by atoms with Crippen LogP contribution >= 0.6 is 11.3 Å². The molecule has 0 radical (unpaired) electrons. The third-order valence-electron chi connectivity index (χ3n) is 4.44. The second kappa shape index (κ2) is 6.80. The average molecular weight is 370 g/mol. The van der Waals surface area contributed by atoms with Gasteiger partial charge in [0, 0.05) is 42.8 Å². The van der Waals surface area contributed by atoms with Crippen LogP contribution in [0.4, 0.5) is 5.69 Å². The Bertz CT molecular complexity index is 949. The van der Waals surface area contributed by atoms with Gasteiger partial charge in [0.1, 0.15) is 5.75 Å². The molecule has 0 fully saturated rings. The van der Waals surface area contributed by atoms with Gasteiger partial charge < -0.3 is 15.4 Å². The number of aromatic nitrogens is 2. The van der Waals surface area contributed by atoms with E-state index < -0.39 is 5.92 Å². The largest absolute Gasteiger partial charge is 0.497 e. The van der Waals surface area contributed by atoms with E-state index in [-0.39, 0.29) is 18.2 Å². The van der Waals surface area contributed by atoms with Crippen LogP contribution in [0, 0.1) is 0 Å². The maximum Gasteiger partial charge on any atom is 0.228 e. The summed E-state index contributed by atoms with van der Waals surface area (Å²) in [5.74, 6) is -0.164. The van der Waals surface area contributed by atoms with Crippen molar-refractivity contribution in [1.29, 1.82) is 0 Å². The van der Waals surface area contributed by atoms with Crippen LogP contribution in [0.5, 0.6) is 5.75 Å². The van der Waals surface area contributed by atoms with Crippen LogP contribution in [0.2, 0.25) is 0 Å². The number of hydrogen-bond donors (Lipinski definition) is 2. The van der Waals surface area contributed by atoms with E-state index in [9.17, 15) is 9.59 Å². The van der Waals surface area contributed by atoms with E-state index in [1.165, 1.54) is 0 Å². The van der Waals surface area contributed by atoms with E-state index in [2.05, 4.69) is 15.6 Å². The maximum atomic E-state index is 12.7. The first-order valence-electron chi connectivity index (χ1n) is 8.30. The highest BCUT2D eigenvalue weighted by Gasteiger charge is 2.30. The number of nitrogens with one attached hydrogen (secondary N) is 2. The van der Waals surface area contributed by atoms with Gasteiger partial charge in [-0.15, -0.1) is 11.3 Å². The Morgan fingerprint density at radius 1 is 1.50 bits per heavy atom. The van der Waals surface area contributed by atoms with Crippen molar-refractivity contribution in [2.75, 3.05) is 19.0 Å². The number of ether oxygens (including phenoxy) is 1. The number of fused-ring (bicyclic) bond motifs is 2. The minimum atomic E-state index is -0.514. The van der Waals surface area contributed by atoms with Crippen LogP contribution in [0.25, 0.3) is 4.96 Å². The Labute approximate surface area is 154 Å². The highest BCUT2D eigenvalue weighted by Crippen LogP contribution is 2.34. The van der Waals surface area contributed by atoms with Crippen LogP contribution < -0.4 is 15.4 Å². The Morgan fingerprint density at radius 3 is 3.19 bits per heavy atom. The predicted molar refractivity (Wildman–Crippen MR) is 98.8 cm³/mol. The monoisotopic (exact) mass is 370 g/mol. The highest BCUT2D eigenvalue weighted by molar-refractivity contribution is 7.15. The van der Waals surface area contributed by atoms with Crippen molar-refractivity contribution in [2.24, 2.45) is 0 Å². The number of rotatable bonds is 5. The van der Waals surface area contributed by atoms with Crippen molar-refractivity contribution in [3.63, 3.8) is 0 Å². The number of carbonyl (C=O) groups excluding carboxylic acids is 2. The first-order chi connectivity index (χ1) is 12.6. The number of benzene rings is 1. The standard InChI is InChI=1S/C18H18N4O3S/c1-25-12-2-3-15-13(8-12)14(9-16(23)21-15)17(24)19-5-4-11-10-22-6-7-26-18(22)20-11/h2-3,6-8,10,14H,4-5,9H2,1H3,(H,19,24)(H,21,23)/t14-/m0/s1. The summed E-state index contributed by atoms with van der Waals surface area (Å²) in [6.07, 6.45) is 4.70. The fourth-order valence-electron chi connectivity index (χ4n) is 3.13. The number of thiazole rings is 1. The third kappa shape index (κ3) is 3.15. The van der Waals surface area contributed by atoms with Gasteiger partial charge in [0.2, 0.25) is 11.8 Å². The molecule has 0 aliphatic carbocycles. The van der Waals surface area contributed by atoms with Gasteiger partial charge in [0.25, 0.3) is 0 Å². The quantitative estimate of drug-likeness (QED) is 0.721. The van der Waals surface area contributed by atoms with Crippen LogP contribution in [0.1, 0.15) is 23.6 Å². The lowest BCUT2D eigenvalue weighted by atomic mass is 9.89. The molecule has 4 rings (SSSR count). The van der Waals surface area contributed by atoms with Crippen molar-refractivity contribution in [3.05, 3.63) is 47.2 Å². The second-order valence-corrected chi connectivity index (χ2v) is 7.00. The Kier molecular flexibility index (Phi) is 4.34. The van der Waals surface area contributed by atoms with E-state index in [1.807, 2.05) is 28.2 Å². The molecular formula is C18H18N4O3S. The first kappa shape index (κ1) is 16.6. The molecular weight excluding hydrogens is 352 g/mol. The summed E-state index contributed by atoms with van der Waals surface area (Å²) < 4.78 is 7.21. The molecule has 134 valence electrons. The smallest absolute Gasteiger partial charge is 0.228 e. The molecule has 2 amide bonds. The number of amides is 2. The average Bonchev–Trinajstić information content (AvgIpc) is 3.22. The molecule has 26 heavy (non-hydrogen) atoms. The summed E-state index contributed by atoms with van der Waals surface area (Å²) in [6, 6.07) is 5.34. The maximum absolute atomic E-state index is 12.7. The zero-order valence-corrected chi connectivity index (χ0v) is 15.0. The van der Waals surface area contributed by atoms with Gasteiger partial charge in [-0.2, -0.15) is 0 Å². The van der Waals surface area contributed by atoms with Crippen LogP contribution in [-0.4, -0.2) is 34.9 Å². The van der Waals surface area contributed by atoms with E-state index in [0.29, 0.717) is 24.4 Å². The molecule has 1 aliphatic rings. The van der Waals surface area contributed by atoms with E-state index in [0.717, 1.165) is 16.2 Å². The number of methoxy groups -OCH3 is 1. The lowest BCUT2D eigenvalue weighted by Crippen LogP contribution is -2.36. The van der Waals surface area contributed by atoms with Crippen LogP contribution in [0.3, 0.4) is 0 Å². The summed E-state index contributed by atoms with van der Waals surface area (Å²) in [5, 5.41) is 7.71. The molecule has 2 aromatic heterocycles. The van der Waals surface area contributed by atoms with Gasteiger partial charge in [-0.1, -0.05) is 0 Å². The molecule has 0 spiro atoms. The first-order valence-corrected chi connectivity index (χ1v) is 9.18. The Morgan fingerprint density at radius 2 is 2.38 bits per heavy atom. The van der Waals surface area contributed by atoms with Crippen LogP contribution in [0.15, 0.2) is 36.0 Å². The summed E-state index contributed by atoms with van der Waals surface area (Å²) in [6.45, 7) is 0.473. The molecule has 0 bridgehead atoms. The van der Waals surface area contributed by atoms with Gasteiger partial charge in [0.15, 0.2) is 4.96 Å². The molecule has 0 saturated heterocycles. The molecule has 7 nitrogen and oxygen atoms in total. The predicted octanol–water partition coefficient (Wildman–Crippen LogP) is 2.19. The summed E-state index contributed by atoms with van der Waals surface area (Å²) in [7, 11) is 1.58. The lowest BCUT2D eigenvalue weighted by Gasteiger charge is -2.25. The molecule has 3 heterocycles. The number of nitrogens with zero attached hydrogens (tertiary/aromatic N) is 2. The fourth-order valence-corrected chi connectivity index (χ4v) is 3.85. The number of carbonyl (C=O) groups is 2.